The summed E-state index contributed by atoms with van der Waals surface area (Å²) >= 11 is 0. The van der Waals surface area contributed by atoms with Crippen molar-refractivity contribution < 1.29 is 9.47 Å². The van der Waals surface area contributed by atoms with E-state index in [1.807, 2.05) is 18.2 Å². The first kappa shape index (κ1) is 11.0. The fourth-order valence-electron chi connectivity index (χ4n) is 1.32. The Balaban J connectivity index is 2.22. The van der Waals surface area contributed by atoms with E-state index in [4.69, 9.17) is 14.7 Å². The number of ether oxygens (including phenoxy) is 2. The van der Waals surface area contributed by atoms with Gasteiger partial charge in [-0.3, -0.25) is 0 Å². The molecule has 0 saturated carbocycles. The monoisotopic (exact) mass is 226 g/mol. The second-order valence-corrected chi connectivity index (χ2v) is 3.28. The number of nitriles is 1. The lowest BCUT2D eigenvalue weighted by Gasteiger charge is -2.06. The average Bonchev–Trinajstić information content (AvgIpc) is 2.39. The fraction of sp³-hybridized carbons (Fsp3) is 0.0769. The molecular weight excluding hydrogens is 216 g/mol. The van der Waals surface area contributed by atoms with Gasteiger partial charge in [0.05, 0.1) is 18.7 Å². The van der Waals surface area contributed by atoms with E-state index in [-0.39, 0.29) is 0 Å². The normalized spacial score (nSPS) is 9.41. The maximum Gasteiger partial charge on any atom is 0.220 e. The van der Waals surface area contributed by atoms with Crippen molar-refractivity contribution in [1.29, 1.82) is 5.26 Å². The quantitative estimate of drug-likeness (QED) is 0.807. The summed E-state index contributed by atoms with van der Waals surface area (Å²) in [5.41, 5.74) is 0.512. The molecule has 0 N–H and O–H groups in total. The predicted octanol–water partition coefficient (Wildman–Crippen LogP) is 2.75. The van der Waals surface area contributed by atoms with E-state index in [9.17, 15) is 0 Å². The lowest BCUT2D eigenvalue weighted by molar-refractivity contribution is 0.407. The number of hydrogen-bond acceptors (Lipinski definition) is 4. The highest BCUT2D eigenvalue weighted by Crippen LogP contribution is 2.23. The van der Waals surface area contributed by atoms with Gasteiger partial charge in [0, 0.05) is 18.3 Å². The summed E-state index contributed by atoms with van der Waals surface area (Å²) in [5, 5.41) is 8.76. The van der Waals surface area contributed by atoms with Gasteiger partial charge in [-0.25, -0.2) is 4.98 Å². The molecule has 1 heterocycles. The molecule has 2 aromatic rings. The summed E-state index contributed by atoms with van der Waals surface area (Å²) in [4.78, 5) is 4.02. The van der Waals surface area contributed by atoms with Gasteiger partial charge in [0.2, 0.25) is 5.88 Å². The van der Waals surface area contributed by atoms with Crippen LogP contribution in [0.15, 0.2) is 42.6 Å². The minimum atomic E-state index is 0.386. The van der Waals surface area contributed by atoms with E-state index in [0.717, 1.165) is 0 Å². The summed E-state index contributed by atoms with van der Waals surface area (Å²) in [6.07, 6.45) is 1.54. The minimum absolute atomic E-state index is 0.386. The molecule has 84 valence electrons. The van der Waals surface area contributed by atoms with Crippen LogP contribution in [0.2, 0.25) is 0 Å². The molecule has 0 aliphatic heterocycles. The van der Waals surface area contributed by atoms with E-state index < -0.39 is 0 Å². The van der Waals surface area contributed by atoms with Crippen LogP contribution in [-0.4, -0.2) is 12.1 Å². The Kier molecular flexibility index (Phi) is 3.22. The molecular formula is C13H10N2O2. The largest absolute Gasteiger partial charge is 0.497 e. The predicted molar refractivity (Wildman–Crippen MR) is 62.0 cm³/mol. The Morgan fingerprint density at radius 1 is 1.18 bits per heavy atom. The fourth-order valence-corrected chi connectivity index (χ4v) is 1.32. The van der Waals surface area contributed by atoms with Crippen LogP contribution in [0.4, 0.5) is 0 Å². The van der Waals surface area contributed by atoms with Gasteiger partial charge in [-0.1, -0.05) is 6.07 Å². The minimum Gasteiger partial charge on any atom is -0.497 e. The highest BCUT2D eigenvalue weighted by Gasteiger charge is 2.01. The molecule has 0 aliphatic carbocycles. The van der Waals surface area contributed by atoms with Crippen molar-refractivity contribution in [2.75, 3.05) is 7.11 Å². The molecule has 0 bridgehead atoms. The Morgan fingerprint density at radius 3 is 2.76 bits per heavy atom. The number of benzene rings is 1. The number of pyridine rings is 1. The van der Waals surface area contributed by atoms with Crippen LogP contribution in [0.25, 0.3) is 0 Å². The SMILES string of the molecule is COc1cccc(Oc2cc(C#N)ccn2)c1. The molecule has 4 heteroatoms. The van der Waals surface area contributed by atoms with Crippen molar-refractivity contribution in [3.63, 3.8) is 0 Å². The maximum absolute atomic E-state index is 8.76. The highest BCUT2D eigenvalue weighted by molar-refractivity contribution is 5.37. The van der Waals surface area contributed by atoms with E-state index in [2.05, 4.69) is 4.98 Å². The van der Waals surface area contributed by atoms with Gasteiger partial charge in [0.15, 0.2) is 0 Å². The Morgan fingerprint density at radius 2 is 2.00 bits per heavy atom. The lowest BCUT2D eigenvalue weighted by Crippen LogP contribution is -1.89. The summed E-state index contributed by atoms with van der Waals surface area (Å²) in [6, 6.07) is 12.4. The first-order chi connectivity index (χ1) is 8.31. The molecule has 1 aromatic carbocycles. The number of nitrogens with zero attached hydrogens (tertiary/aromatic N) is 2. The molecule has 0 fully saturated rings. The molecule has 0 amide bonds. The van der Waals surface area contributed by atoms with Crippen LogP contribution in [0.5, 0.6) is 17.4 Å². The van der Waals surface area contributed by atoms with Gasteiger partial charge in [0.25, 0.3) is 0 Å². The molecule has 17 heavy (non-hydrogen) atoms. The molecule has 0 atom stereocenters. The van der Waals surface area contributed by atoms with Gasteiger partial charge < -0.3 is 9.47 Å². The molecule has 0 unspecified atom stereocenters. The molecule has 0 aliphatic rings. The second kappa shape index (κ2) is 4.99. The van der Waals surface area contributed by atoms with Crippen molar-refractivity contribution in [3.8, 4) is 23.4 Å². The van der Waals surface area contributed by atoms with Crippen LogP contribution in [0.3, 0.4) is 0 Å². The third-order valence-electron chi connectivity index (χ3n) is 2.13. The van der Waals surface area contributed by atoms with Crippen LogP contribution in [-0.2, 0) is 0 Å². The highest BCUT2D eigenvalue weighted by atomic mass is 16.5. The van der Waals surface area contributed by atoms with Gasteiger partial charge in [0.1, 0.15) is 11.5 Å². The summed E-state index contributed by atoms with van der Waals surface area (Å²) in [7, 11) is 1.59. The molecule has 4 nitrogen and oxygen atoms in total. The van der Waals surface area contributed by atoms with Gasteiger partial charge in [-0.2, -0.15) is 5.26 Å². The summed E-state index contributed by atoms with van der Waals surface area (Å²) in [6.45, 7) is 0. The summed E-state index contributed by atoms with van der Waals surface area (Å²) in [5.74, 6) is 1.71. The van der Waals surface area contributed by atoms with Crippen molar-refractivity contribution in [1.82, 2.24) is 4.98 Å². The van der Waals surface area contributed by atoms with Crippen molar-refractivity contribution in [2.45, 2.75) is 0 Å². The van der Waals surface area contributed by atoms with Gasteiger partial charge in [-0.05, 0) is 18.2 Å². The van der Waals surface area contributed by atoms with Crippen LogP contribution in [0.1, 0.15) is 5.56 Å². The van der Waals surface area contributed by atoms with Gasteiger partial charge >= 0.3 is 0 Å². The zero-order valence-electron chi connectivity index (χ0n) is 9.25. The Bertz CT molecular complexity index is 561. The van der Waals surface area contributed by atoms with Crippen molar-refractivity contribution >= 4 is 0 Å². The van der Waals surface area contributed by atoms with E-state index in [1.54, 1.807) is 31.4 Å². The number of hydrogen-bond donors (Lipinski definition) is 0. The zero-order chi connectivity index (χ0) is 12.1. The molecule has 0 spiro atoms. The Hall–Kier alpha value is -2.54. The lowest BCUT2D eigenvalue weighted by atomic mass is 10.3. The Labute approximate surface area is 99.1 Å². The first-order valence-corrected chi connectivity index (χ1v) is 5.00. The van der Waals surface area contributed by atoms with E-state index >= 15 is 0 Å². The molecule has 0 saturated heterocycles. The van der Waals surface area contributed by atoms with Crippen LogP contribution < -0.4 is 9.47 Å². The number of methoxy groups -OCH3 is 1. The molecule has 1 aromatic heterocycles. The van der Waals surface area contributed by atoms with Crippen molar-refractivity contribution in [3.05, 3.63) is 48.2 Å². The van der Waals surface area contributed by atoms with Crippen LogP contribution >= 0.6 is 0 Å². The topological polar surface area (TPSA) is 55.1 Å². The average molecular weight is 226 g/mol. The second-order valence-electron chi connectivity index (χ2n) is 3.28. The standard InChI is InChI=1S/C13H10N2O2/c1-16-11-3-2-4-12(8-11)17-13-7-10(9-14)5-6-15-13/h2-8H,1H3. The third-order valence-corrected chi connectivity index (χ3v) is 2.13. The molecule has 0 radical (unpaired) electrons. The third kappa shape index (κ3) is 2.73. The van der Waals surface area contributed by atoms with E-state index in [1.165, 1.54) is 6.20 Å². The maximum atomic E-state index is 8.76. The zero-order valence-corrected chi connectivity index (χ0v) is 9.25. The van der Waals surface area contributed by atoms with Crippen LogP contribution in [0, 0.1) is 11.3 Å². The number of rotatable bonds is 3. The van der Waals surface area contributed by atoms with E-state index in [0.29, 0.717) is 22.9 Å². The summed E-state index contributed by atoms with van der Waals surface area (Å²) < 4.78 is 10.6. The first-order valence-electron chi connectivity index (χ1n) is 5.00. The van der Waals surface area contributed by atoms with Crippen molar-refractivity contribution in [2.24, 2.45) is 0 Å². The smallest absolute Gasteiger partial charge is 0.220 e. The number of aromatic nitrogens is 1. The van der Waals surface area contributed by atoms with Gasteiger partial charge in [-0.15, -0.1) is 0 Å². The molecule has 2 rings (SSSR count).